The van der Waals surface area contributed by atoms with E-state index in [2.05, 4.69) is 15.3 Å². The van der Waals surface area contributed by atoms with Crippen molar-refractivity contribution >= 4 is 34.2 Å². The molecule has 5 nitrogen and oxygen atoms in total. The summed E-state index contributed by atoms with van der Waals surface area (Å²) in [6, 6.07) is 3.63. The highest BCUT2D eigenvalue weighted by Gasteiger charge is 2.05. The summed E-state index contributed by atoms with van der Waals surface area (Å²) in [6.07, 6.45) is 1.63. The van der Waals surface area contributed by atoms with Gasteiger partial charge in [0.1, 0.15) is 10.7 Å². The Hall–Kier alpha value is -1.73. The minimum Gasteiger partial charge on any atom is -0.388 e. The molecule has 0 fully saturated rings. The van der Waals surface area contributed by atoms with E-state index in [4.69, 9.17) is 18.0 Å². The molecule has 7 heteroatoms. The molecule has 0 aliphatic rings. The average molecular weight is 266 g/mol. The Labute approximate surface area is 107 Å². The van der Waals surface area contributed by atoms with Crippen molar-refractivity contribution in [3.05, 3.63) is 44.8 Å². The zero-order chi connectivity index (χ0) is 12.3. The number of pyridine rings is 1. The molecule has 2 aromatic heterocycles. The van der Waals surface area contributed by atoms with Crippen molar-refractivity contribution in [2.24, 2.45) is 5.73 Å². The van der Waals surface area contributed by atoms with Gasteiger partial charge in [-0.1, -0.05) is 23.6 Å². The zero-order valence-corrected chi connectivity index (χ0v) is 10.4. The third-order valence-corrected chi connectivity index (χ3v) is 2.99. The van der Waals surface area contributed by atoms with Gasteiger partial charge >= 0.3 is 4.87 Å². The van der Waals surface area contributed by atoms with Crippen LogP contribution in [0.3, 0.4) is 0 Å². The van der Waals surface area contributed by atoms with Crippen molar-refractivity contribution in [1.29, 1.82) is 0 Å². The summed E-state index contributed by atoms with van der Waals surface area (Å²) in [4.78, 5) is 17.9. The van der Waals surface area contributed by atoms with Gasteiger partial charge in [0, 0.05) is 17.3 Å². The maximum absolute atomic E-state index is 11.0. The molecule has 0 unspecified atom stereocenters. The van der Waals surface area contributed by atoms with Crippen LogP contribution in [-0.2, 0) is 6.54 Å². The first kappa shape index (κ1) is 11.7. The predicted octanol–water partition coefficient (Wildman–Crippen LogP) is 1.08. The number of hydrogen-bond acceptors (Lipinski definition) is 5. The molecule has 0 spiro atoms. The van der Waals surface area contributed by atoms with Gasteiger partial charge in [-0.3, -0.25) is 9.78 Å². The van der Waals surface area contributed by atoms with Crippen LogP contribution in [0.4, 0.5) is 5.69 Å². The first-order valence-electron chi connectivity index (χ1n) is 4.82. The number of aromatic nitrogens is 2. The number of nitrogens with zero attached hydrogens (tertiary/aromatic N) is 1. The predicted molar refractivity (Wildman–Crippen MR) is 72.4 cm³/mol. The van der Waals surface area contributed by atoms with Crippen LogP contribution < -0.4 is 15.9 Å². The molecule has 0 saturated heterocycles. The first-order chi connectivity index (χ1) is 8.16. The number of thiocarbonyl (C=S) groups is 1. The number of thiazole rings is 1. The van der Waals surface area contributed by atoms with Crippen LogP contribution in [0.2, 0.25) is 0 Å². The van der Waals surface area contributed by atoms with Crippen LogP contribution in [0.25, 0.3) is 0 Å². The fourth-order valence-corrected chi connectivity index (χ4v) is 2.08. The Kier molecular flexibility index (Phi) is 3.50. The van der Waals surface area contributed by atoms with Gasteiger partial charge in [0.05, 0.1) is 12.2 Å². The molecule has 17 heavy (non-hydrogen) atoms. The lowest BCUT2D eigenvalue weighted by atomic mass is 10.3. The zero-order valence-electron chi connectivity index (χ0n) is 8.77. The molecule has 0 aliphatic carbocycles. The molecule has 0 aromatic carbocycles. The number of anilines is 1. The molecule has 2 rings (SSSR count). The van der Waals surface area contributed by atoms with E-state index >= 15 is 0 Å². The normalized spacial score (nSPS) is 10.1. The van der Waals surface area contributed by atoms with E-state index in [9.17, 15) is 4.79 Å². The van der Waals surface area contributed by atoms with Crippen LogP contribution in [0.5, 0.6) is 0 Å². The van der Waals surface area contributed by atoms with Crippen molar-refractivity contribution < 1.29 is 0 Å². The number of aromatic amines is 1. The van der Waals surface area contributed by atoms with E-state index in [-0.39, 0.29) is 9.86 Å². The summed E-state index contributed by atoms with van der Waals surface area (Å²) in [5, 5.41) is 4.90. The first-order valence-corrected chi connectivity index (χ1v) is 6.11. The second-order valence-electron chi connectivity index (χ2n) is 3.29. The van der Waals surface area contributed by atoms with Crippen LogP contribution >= 0.6 is 23.6 Å². The lowest BCUT2D eigenvalue weighted by Crippen LogP contribution is -2.15. The minimum absolute atomic E-state index is 0.0671. The van der Waals surface area contributed by atoms with Gasteiger partial charge in [-0.2, -0.15) is 0 Å². The summed E-state index contributed by atoms with van der Waals surface area (Å²) in [5.74, 6) is 0. The molecule has 4 N–H and O–H groups in total. The maximum atomic E-state index is 11.0. The van der Waals surface area contributed by atoms with Crippen LogP contribution in [0, 0.1) is 0 Å². The summed E-state index contributed by atoms with van der Waals surface area (Å²) < 4.78 is 0. The van der Waals surface area contributed by atoms with Gasteiger partial charge < -0.3 is 16.0 Å². The van der Waals surface area contributed by atoms with Crippen molar-refractivity contribution in [3.8, 4) is 0 Å². The van der Waals surface area contributed by atoms with Gasteiger partial charge in [-0.25, -0.2) is 0 Å². The third kappa shape index (κ3) is 2.89. The second kappa shape index (κ2) is 5.07. The lowest BCUT2D eigenvalue weighted by molar-refractivity contribution is 1.05. The largest absolute Gasteiger partial charge is 0.388 e. The molecule has 2 aromatic rings. The molecule has 0 aliphatic heterocycles. The molecule has 88 valence electrons. The molecule has 0 bridgehead atoms. The monoisotopic (exact) mass is 266 g/mol. The summed E-state index contributed by atoms with van der Waals surface area (Å²) in [7, 11) is 0. The van der Waals surface area contributed by atoms with E-state index < -0.39 is 0 Å². The summed E-state index contributed by atoms with van der Waals surface area (Å²) in [5.41, 5.74) is 7.69. The molecule has 0 atom stereocenters. The second-order valence-corrected chi connectivity index (χ2v) is 4.57. The molecule has 0 amide bonds. The highest BCUT2D eigenvalue weighted by atomic mass is 32.1. The minimum atomic E-state index is -0.0671. The van der Waals surface area contributed by atoms with E-state index in [0.29, 0.717) is 12.2 Å². The molecule has 0 radical (unpaired) electrons. The fraction of sp³-hybridized carbons (Fsp3) is 0.100. The Morgan fingerprint density at radius 1 is 1.65 bits per heavy atom. The molecule has 2 heterocycles. The smallest absolute Gasteiger partial charge is 0.304 e. The highest BCUT2D eigenvalue weighted by Crippen LogP contribution is 2.13. The highest BCUT2D eigenvalue weighted by molar-refractivity contribution is 7.80. The number of hydrogen-bond donors (Lipinski definition) is 3. The van der Waals surface area contributed by atoms with Gasteiger partial charge in [0.25, 0.3) is 0 Å². The van der Waals surface area contributed by atoms with E-state index in [0.717, 1.165) is 22.7 Å². The van der Waals surface area contributed by atoms with E-state index in [1.807, 2.05) is 6.07 Å². The fourth-order valence-electron chi connectivity index (χ4n) is 1.34. The Morgan fingerprint density at radius 3 is 3.12 bits per heavy atom. The van der Waals surface area contributed by atoms with Crippen LogP contribution in [-0.4, -0.2) is 15.0 Å². The third-order valence-electron chi connectivity index (χ3n) is 2.08. The van der Waals surface area contributed by atoms with Crippen molar-refractivity contribution in [2.45, 2.75) is 6.54 Å². The summed E-state index contributed by atoms with van der Waals surface area (Å²) in [6.45, 7) is 0.500. The topological polar surface area (TPSA) is 83.8 Å². The Balaban J connectivity index is 2.14. The summed E-state index contributed by atoms with van der Waals surface area (Å²) >= 11 is 6.04. The standard InChI is InChI=1S/C10H10N4OS2/c11-9(16)8-7(2-1-3-12-8)13-4-6-5-17-10(15)14-6/h1-3,5,13H,4H2,(H2,11,16)(H,14,15). The van der Waals surface area contributed by atoms with E-state index in [1.165, 1.54) is 0 Å². The van der Waals surface area contributed by atoms with Crippen LogP contribution in [0.15, 0.2) is 28.5 Å². The van der Waals surface area contributed by atoms with Gasteiger partial charge in [-0.15, -0.1) is 0 Å². The van der Waals surface area contributed by atoms with Crippen LogP contribution in [0.1, 0.15) is 11.4 Å². The molecule has 0 saturated carbocycles. The molecular formula is C10H10N4OS2. The number of H-pyrrole nitrogens is 1. The van der Waals surface area contributed by atoms with Gasteiger partial charge in [0.2, 0.25) is 0 Å². The van der Waals surface area contributed by atoms with Crippen molar-refractivity contribution in [1.82, 2.24) is 9.97 Å². The number of nitrogens with one attached hydrogen (secondary N) is 2. The number of nitrogens with two attached hydrogens (primary N) is 1. The lowest BCUT2D eigenvalue weighted by Gasteiger charge is -2.08. The average Bonchev–Trinajstić information content (AvgIpc) is 2.73. The van der Waals surface area contributed by atoms with Crippen molar-refractivity contribution in [3.63, 3.8) is 0 Å². The van der Waals surface area contributed by atoms with Gasteiger partial charge in [0.15, 0.2) is 0 Å². The van der Waals surface area contributed by atoms with Crippen molar-refractivity contribution in [2.75, 3.05) is 5.32 Å². The van der Waals surface area contributed by atoms with Gasteiger partial charge in [-0.05, 0) is 12.1 Å². The maximum Gasteiger partial charge on any atom is 0.304 e. The quantitative estimate of drug-likeness (QED) is 0.721. The Morgan fingerprint density at radius 2 is 2.47 bits per heavy atom. The number of rotatable bonds is 4. The van der Waals surface area contributed by atoms with E-state index in [1.54, 1.807) is 17.6 Å². The molecular weight excluding hydrogens is 256 g/mol. The SMILES string of the molecule is NC(=S)c1ncccc1NCc1csc(=O)[nH]1. The Bertz CT molecular complexity index is 590.